The standard InChI is InChI=1S/C10H13N2O.HI/c1-8-4-5-12-7-6-11(2)10(12)9(8)13-3;/h4-7H,1-3H3;1H/q+1;/p-1. The molecule has 0 N–H and O–H groups in total. The lowest BCUT2D eigenvalue weighted by Crippen LogP contribution is -3.00. The first kappa shape index (κ1) is 11.3. The second kappa shape index (κ2) is 4.16. The largest absolute Gasteiger partial charge is 1.00 e. The number of imidazole rings is 1. The third-order valence-corrected chi connectivity index (χ3v) is 2.28. The Bertz CT molecular complexity index is 451. The summed E-state index contributed by atoms with van der Waals surface area (Å²) >= 11 is 0. The van der Waals surface area contributed by atoms with Crippen molar-refractivity contribution in [2.45, 2.75) is 6.92 Å². The minimum atomic E-state index is 0. The maximum absolute atomic E-state index is 5.36. The Morgan fingerprint density at radius 2 is 2.07 bits per heavy atom. The Kier molecular flexibility index (Phi) is 3.36. The molecule has 0 aliphatic heterocycles. The predicted molar refractivity (Wildman–Crippen MR) is 49.9 cm³/mol. The van der Waals surface area contributed by atoms with E-state index in [9.17, 15) is 0 Å². The lowest BCUT2D eigenvalue weighted by molar-refractivity contribution is -0.644. The zero-order valence-electron chi connectivity index (χ0n) is 8.49. The number of aryl methyl sites for hydroxylation is 2. The van der Waals surface area contributed by atoms with Gasteiger partial charge in [0.15, 0.2) is 0 Å². The molecule has 0 unspecified atom stereocenters. The van der Waals surface area contributed by atoms with Crippen molar-refractivity contribution in [2.75, 3.05) is 7.11 Å². The SMILES string of the molecule is COc1c(C)ccn2cc[n+](C)c12.[I-]. The summed E-state index contributed by atoms with van der Waals surface area (Å²) in [5.74, 6) is 0.940. The number of fused-ring (bicyclic) bond motifs is 1. The van der Waals surface area contributed by atoms with Gasteiger partial charge in [-0.15, -0.1) is 0 Å². The fraction of sp³-hybridized carbons (Fsp3) is 0.300. The molecule has 2 aromatic heterocycles. The van der Waals surface area contributed by atoms with Crippen molar-refractivity contribution in [3.05, 3.63) is 30.2 Å². The van der Waals surface area contributed by atoms with Crippen LogP contribution in [0.5, 0.6) is 5.75 Å². The number of ether oxygens (including phenoxy) is 1. The van der Waals surface area contributed by atoms with Crippen molar-refractivity contribution in [2.24, 2.45) is 7.05 Å². The van der Waals surface area contributed by atoms with Crippen LogP contribution in [0.3, 0.4) is 0 Å². The molecule has 2 heterocycles. The molecule has 76 valence electrons. The van der Waals surface area contributed by atoms with E-state index in [4.69, 9.17) is 4.74 Å². The second-order valence-corrected chi connectivity index (χ2v) is 3.17. The molecule has 0 saturated carbocycles. The monoisotopic (exact) mass is 304 g/mol. The summed E-state index contributed by atoms with van der Waals surface area (Å²) < 4.78 is 9.45. The quantitative estimate of drug-likeness (QED) is 0.444. The Morgan fingerprint density at radius 3 is 2.71 bits per heavy atom. The molecule has 0 atom stereocenters. The minimum Gasteiger partial charge on any atom is -1.00 e. The van der Waals surface area contributed by atoms with Crippen molar-refractivity contribution in [3.8, 4) is 5.75 Å². The molecule has 0 fully saturated rings. The summed E-state index contributed by atoms with van der Waals surface area (Å²) in [6.07, 6.45) is 6.06. The van der Waals surface area contributed by atoms with Crippen molar-refractivity contribution in [3.63, 3.8) is 0 Å². The van der Waals surface area contributed by atoms with E-state index < -0.39 is 0 Å². The number of hydrogen-bond acceptors (Lipinski definition) is 1. The number of halogens is 1. The average Bonchev–Trinajstić information content (AvgIpc) is 2.49. The highest BCUT2D eigenvalue weighted by Crippen LogP contribution is 2.20. The van der Waals surface area contributed by atoms with Crippen molar-refractivity contribution >= 4 is 5.65 Å². The van der Waals surface area contributed by atoms with Gasteiger partial charge in [-0.2, -0.15) is 4.40 Å². The second-order valence-electron chi connectivity index (χ2n) is 3.17. The first-order chi connectivity index (χ1) is 6.24. The van der Waals surface area contributed by atoms with E-state index in [0.29, 0.717) is 0 Å². The van der Waals surface area contributed by atoms with E-state index in [1.165, 1.54) is 0 Å². The van der Waals surface area contributed by atoms with E-state index in [1.807, 2.05) is 47.6 Å². The number of nitrogens with zero attached hydrogens (tertiary/aromatic N) is 2. The number of hydrogen-bond donors (Lipinski definition) is 0. The van der Waals surface area contributed by atoms with Gasteiger partial charge in [0.1, 0.15) is 12.4 Å². The van der Waals surface area contributed by atoms with Crippen molar-refractivity contribution in [1.29, 1.82) is 0 Å². The van der Waals surface area contributed by atoms with E-state index in [-0.39, 0.29) is 24.0 Å². The molecule has 14 heavy (non-hydrogen) atoms. The van der Waals surface area contributed by atoms with E-state index in [2.05, 4.69) is 0 Å². The number of aromatic nitrogens is 2. The molecule has 4 heteroatoms. The van der Waals surface area contributed by atoms with Gasteiger partial charge < -0.3 is 28.7 Å². The van der Waals surface area contributed by atoms with Crippen LogP contribution in [-0.2, 0) is 7.05 Å². The molecule has 0 bridgehead atoms. The molecular weight excluding hydrogens is 291 g/mol. The van der Waals surface area contributed by atoms with Crippen LogP contribution in [-0.4, -0.2) is 11.5 Å². The molecule has 0 aliphatic carbocycles. The zero-order valence-corrected chi connectivity index (χ0v) is 10.6. The molecule has 0 saturated heterocycles. The molecule has 0 aromatic carbocycles. The highest BCUT2D eigenvalue weighted by atomic mass is 127. The molecule has 2 rings (SSSR count). The fourth-order valence-electron chi connectivity index (χ4n) is 1.59. The van der Waals surface area contributed by atoms with Crippen LogP contribution in [0.4, 0.5) is 0 Å². The smallest absolute Gasteiger partial charge is 0.329 e. The van der Waals surface area contributed by atoms with Crippen LogP contribution >= 0.6 is 0 Å². The lowest BCUT2D eigenvalue weighted by atomic mass is 10.3. The van der Waals surface area contributed by atoms with Crippen LogP contribution in [0.15, 0.2) is 24.7 Å². The molecule has 2 aromatic rings. The van der Waals surface area contributed by atoms with Gasteiger partial charge in [0.05, 0.1) is 20.4 Å². The van der Waals surface area contributed by atoms with Crippen LogP contribution in [0.25, 0.3) is 5.65 Å². The summed E-state index contributed by atoms with van der Waals surface area (Å²) in [4.78, 5) is 0. The van der Waals surface area contributed by atoms with Crippen LogP contribution in [0, 0.1) is 6.92 Å². The topological polar surface area (TPSA) is 17.5 Å². The van der Waals surface area contributed by atoms with Gasteiger partial charge in [0.2, 0.25) is 5.75 Å². The van der Waals surface area contributed by atoms with E-state index in [0.717, 1.165) is 17.0 Å². The maximum atomic E-state index is 5.36. The highest BCUT2D eigenvalue weighted by Gasteiger charge is 2.14. The van der Waals surface area contributed by atoms with E-state index in [1.54, 1.807) is 7.11 Å². The minimum absolute atomic E-state index is 0. The Hall–Kier alpha value is -0.780. The van der Waals surface area contributed by atoms with Gasteiger partial charge in [-0.3, -0.25) is 0 Å². The predicted octanol–water partition coefficient (Wildman–Crippen LogP) is -1.92. The number of pyridine rings is 1. The molecular formula is C10H13IN2O. The fourth-order valence-corrected chi connectivity index (χ4v) is 1.59. The van der Waals surface area contributed by atoms with Crippen molar-refractivity contribution < 1.29 is 33.3 Å². The van der Waals surface area contributed by atoms with E-state index >= 15 is 0 Å². The first-order valence-electron chi connectivity index (χ1n) is 4.24. The third kappa shape index (κ3) is 1.58. The highest BCUT2D eigenvalue weighted by molar-refractivity contribution is 5.53. The van der Waals surface area contributed by atoms with Gasteiger partial charge in [-0.25, -0.2) is 4.57 Å². The maximum Gasteiger partial charge on any atom is 0.329 e. The number of rotatable bonds is 1. The molecule has 0 spiro atoms. The summed E-state index contributed by atoms with van der Waals surface area (Å²) in [5, 5.41) is 0. The lowest BCUT2D eigenvalue weighted by Gasteiger charge is -2.02. The Balaban J connectivity index is 0.000000980. The normalized spacial score (nSPS) is 9.93. The van der Waals surface area contributed by atoms with Crippen LogP contribution < -0.4 is 33.3 Å². The van der Waals surface area contributed by atoms with Crippen molar-refractivity contribution in [1.82, 2.24) is 4.40 Å². The van der Waals surface area contributed by atoms with Gasteiger partial charge in [0, 0.05) is 5.56 Å². The zero-order chi connectivity index (χ0) is 9.42. The van der Waals surface area contributed by atoms with Gasteiger partial charge >= 0.3 is 5.65 Å². The van der Waals surface area contributed by atoms with Gasteiger partial charge in [-0.05, 0) is 13.0 Å². The summed E-state index contributed by atoms with van der Waals surface area (Å²) in [7, 11) is 3.71. The van der Waals surface area contributed by atoms with Crippen LogP contribution in [0.2, 0.25) is 0 Å². The third-order valence-electron chi connectivity index (χ3n) is 2.28. The summed E-state index contributed by atoms with van der Waals surface area (Å²) in [6.45, 7) is 2.05. The van der Waals surface area contributed by atoms with Gasteiger partial charge in [0.25, 0.3) is 0 Å². The molecule has 0 amide bonds. The van der Waals surface area contributed by atoms with Crippen LogP contribution in [0.1, 0.15) is 5.56 Å². The molecule has 0 aliphatic rings. The average molecular weight is 304 g/mol. The molecule has 3 nitrogen and oxygen atoms in total. The number of methoxy groups -OCH3 is 1. The van der Waals surface area contributed by atoms with Gasteiger partial charge in [-0.1, -0.05) is 0 Å². The summed E-state index contributed by atoms with van der Waals surface area (Å²) in [6, 6.07) is 2.05. The Morgan fingerprint density at radius 1 is 1.36 bits per heavy atom. The Labute approximate surface area is 100 Å². The first-order valence-corrected chi connectivity index (χ1v) is 4.24. The molecule has 0 radical (unpaired) electrons. The summed E-state index contributed by atoms with van der Waals surface area (Å²) in [5.41, 5.74) is 2.24.